The Balaban J connectivity index is 1.63. The zero-order chi connectivity index (χ0) is 17.4. The topological polar surface area (TPSA) is 68.8 Å². The van der Waals surface area contributed by atoms with Crippen LogP contribution in [0.25, 0.3) is 5.69 Å². The molecule has 1 atom stereocenters. The summed E-state index contributed by atoms with van der Waals surface area (Å²) in [5.41, 5.74) is 2.97. The lowest BCUT2D eigenvalue weighted by Gasteiger charge is -2.23. The van der Waals surface area contributed by atoms with Crippen LogP contribution < -0.4 is 0 Å². The highest BCUT2D eigenvalue weighted by Gasteiger charge is 2.33. The highest BCUT2D eigenvalue weighted by atomic mass is 16.2. The second-order valence-electron chi connectivity index (χ2n) is 6.36. The summed E-state index contributed by atoms with van der Waals surface area (Å²) in [6.07, 6.45) is 5.74. The number of carbonyl (C=O) groups is 1. The first-order valence-electron chi connectivity index (χ1n) is 8.42. The van der Waals surface area contributed by atoms with Gasteiger partial charge in [-0.25, -0.2) is 0 Å². The molecule has 0 radical (unpaired) electrons. The van der Waals surface area contributed by atoms with E-state index in [1.807, 2.05) is 61.6 Å². The van der Waals surface area contributed by atoms with Crippen LogP contribution in [-0.4, -0.2) is 42.1 Å². The first-order valence-corrected chi connectivity index (χ1v) is 8.42. The van der Waals surface area contributed by atoms with Crippen LogP contribution >= 0.6 is 0 Å². The van der Waals surface area contributed by atoms with Gasteiger partial charge in [-0.3, -0.25) is 9.48 Å². The number of para-hydroxylation sites is 1. The molecule has 7 heteroatoms. The van der Waals surface area contributed by atoms with Crippen LogP contribution in [0.4, 0.5) is 0 Å². The Morgan fingerprint density at radius 1 is 1.20 bits per heavy atom. The minimum atomic E-state index is -0.0639. The van der Waals surface area contributed by atoms with E-state index < -0.39 is 0 Å². The maximum Gasteiger partial charge on any atom is 0.276 e. The smallest absolute Gasteiger partial charge is 0.276 e. The lowest BCUT2D eigenvalue weighted by atomic mass is 10.1. The second kappa shape index (κ2) is 6.16. The third-order valence-electron chi connectivity index (χ3n) is 4.60. The fraction of sp³-hybridized carbons (Fsp3) is 0.333. The Bertz CT molecular complexity index is 897. The Morgan fingerprint density at radius 2 is 2.00 bits per heavy atom. The molecule has 1 amide bonds. The van der Waals surface area contributed by atoms with Crippen LogP contribution in [0.15, 0.2) is 42.7 Å². The number of amides is 1. The average molecular weight is 336 g/mol. The molecule has 2 aromatic heterocycles. The molecule has 0 bridgehead atoms. The lowest BCUT2D eigenvalue weighted by Crippen LogP contribution is -2.31. The van der Waals surface area contributed by atoms with E-state index in [0.29, 0.717) is 11.4 Å². The van der Waals surface area contributed by atoms with E-state index >= 15 is 0 Å². The summed E-state index contributed by atoms with van der Waals surface area (Å²) in [6, 6.07) is 9.68. The number of hydrogen-bond acceptors (Lipinski definition) is 4. The van der Waals surface area contributed by atoms with Crippen molar-refractivity contribution in [1.29, 1.82) is 0 Å². The van der Waals surface area contributed by atoms with Crippen LogP contribution in [0, 0.1) is 6.92 Å². The van der Waals surface area contributed by atoms with Crippen molar-refractivity contribution < 1.29 is 4.79 Å². The van der Waals surface area contributed by atoms with Crippen molar-refractivity contribution in [3.63, 3.8) is 0 Å². The molecule has 1 aliphatic heterocycles. The molecule has 3 aromatic rings. The standard InChI is InChI=1S/C18H20N6O/c1-13-17(21-24(20-13)15-7-4-3-5-8-15)18(25)23-10-6-9-16(23)14-11-19-22(2)12-14/h3-5,7-8,11-12,16H,6,9-10H2,1-2H3/t16-/m1/s1. The van der Waals surface area contributed by atoms with E-state index in [4.69, 9.17) is 0 Å². The number of likely N-dealkylation sites (tertiary alicyclic amines) is 1. The molecule has 0 aliphatic carbocycles. The van der Waals surface area contributed by atoms with Gasteiger partial charge >= 0.3 is 0 Å². The molecule has 1 fully saturated rings. The maximum atomic E-state index is 13.1. The van der Waals surface area contributed by atoms with Gasteiger partial charge in [-0.05, 0) is 31.9 Å². The van der Waals surface area contributed by atoms with E-state index in [2.05, 4.69) is 15.3 Å². The van der Waals surface area contributed by atoms with E-state index in [-0.39, 0.29) is 11.9 Å². The van der Waals surface area contributed by atoms with E-state index in [0.717, 1.165) is 30.6 Å². The second-order valence-corrected chi connectivity index (χ2v) is 6.36. The molecule has 1 saturated heterocycles. The van der Waals surface area contributed by atoms with Gasteiger partial charge in [0.1, 0.15) is 0 Å². The number of carbonyl (C=O) groups excluding carboxylic acids is 1. The predicted molar refractivity (Wildman–Crippen MR) is 92.3 cm³/mol. The van der Waals surface area contributed by atoms with Crippen LogP contribution in [0.2, 0.25) is 0 Å². The van der Waals surface area contributed by atoms with Gasteiger partial charge in [0.2, 0.25) is 0 Å². The lowest BCUT2D eigenvalue weighted by molar-refractivity contribution is 0.0728. The Labute approximate surface area is 145 Å². The number of aromatic nitrogens is 5. The highest BCUT2D eigenvalue weighted by molar-refractivity contribution is 5.93. The molecule has 0 N–H and O–H groups in total. The van der Waals surface area contributed by atoms with Crippen molar-refractivity contribution in [2.45, 2.75) is 25.8 Å². The van der Waals surface area contributed by atoms with Crippen molar-refractivity contribution in [1.82, 2.24) is 29.7 Å². The largest absolute Gasteiger partial charge is 0.330 e. The fourth-order valence-corrected chi connectivity index (χ4v) is 3.36. The molecule has 0 spiro atoms. The quantitative estimate of drug-likeness (QED) is 0.736. The first kappa shape index (κ1) is 15.6. The zero-order valence-corrected chi connectivity index (χ0v) is 14.3. The van der Waals surface area contributed by atoms with Gasteiger partial charge in [0.05, 0.1) is 23.6 Å². The average Bonchev–Trinajstić information content (AvgIpc) is 3.34. The van der Waals surface area contributed by atoms with Gasteiger partial charge in [-0.1, -0.05) is 18.2 Å². The molecule has 128 valence electrons. The van der Waals surface area contributed by atoms with Crippen molar-refractivity contribution in [3.05, 3.63) is 59.7 Å². The molecule has 7 nitrogen and oxygen atoms in total. The Morgan fingerprint density at radius 3 is 2.72 bits per heavy atom. The van der Waals surface area contributed by atoms with Gasteiger partial charge in [0.25, 0.3) is 5.91 Å². The molecular weight excluding hydrogens is 316 g/mol. The number of benzene rings is 1. The minimum Gasteiger partial charge on any atom is -0.330 e. The van der Waals surface area contributed by atoms with Crippen molar-refractivity contribution in [2.24, 2.45) is 7.05 Å². The molecule has 4 rings (SSSR count). The summed E-state index contributed by atoms with van der Waals surface area (Å²) in [5, 5.41) is 13.1. The maximum absolute atomic E-state index is 13.1. The molecule has 0 saturated carbocycles. The number of hydrogen-bond donors (Lipinski definition) is 0. The van der Waals surface area contributed by atoms with Gasteiger partial charge in [0, 0.05) is 25.4 Å². The van der Waals surface area contributed by atoms with Crippen molar-refractivity contribution in [3.8, 4) is 5.69 Å². The van der Waals surface area contributed by atoms with Gasteiger partial charge in [0.15, 0.2) is 5.69 Å². The third kappa shape index (κ3) is 2.82. The Kier molecular flexibility index (Phi) is 3.83. The molecule has 0 unspecified atom stereocenters. The zero-order valence-electron chi connectivity index (χ0n) is 14.3. The number of nitrogens with zero attached hydrogens (tertiary/aromatic N) is 6. The molecular formula is C18H20N6O. The summed E-state index contributed by atoms with van der Waals surface area (Å²) in [5.74, 6) is -0.0639. The fourth-order valence-electron chi connectivity index (χ4n) is 3.36. The predicted octanol–water partition coefficient (Wildman–Crippen LogP) is 2.29. The van der Waals surface area contributed by atoms with Crippen molar-refractivity contribution in [2.75, 3.05) is 6.54 Å². The summed E-state index contributed by atoms with van der Waals surface area (Å²) in [4.78, 5) is 16.5. The SMILES string of the molecule is Cc1nn(-c2ccccc2)nc1C(=O)N1CCC[C@@H]1c1cnn(C)c1. The van der Waals surface area contributed by atoms with Gasteiger partial charge < -0.3 is 4.90 Å². The minimum absolute atomic E-state index is 0.0578. The van der Waals surface area contributed by atoms with Crippen LogP contribution in [0.5, 0.6) is 0 Å². The molecule has 1 aliphatic rings. The summed E-state index contributed by atoms with van der Waals surface area (Å²) in [6.45, 7) is 2.56. The van der Waals surface area contributed by atoms with E-state index in [9.17, 15) is 4.79 Å². The van der Waals surface area contributed by atoms with Crippen LogP contribution in [0.1, 0.15) is 40.6 Å². The van der Waals surface area contributed by atoms with E-state index in [1.165, 1.54) is 4.80 Å². The number of aryl methyl sites for hydroxylation is 2. The molecule has 25 heavy (non-hydrogen) atoms. The monoisotopic (exact) mass is 336 g/mol. The third-order valence-corrected chi connectivity index (χ3v) is 4.60. The molecule has 1 aromatic carbocycles. The van der Waals surface area contributed by atoms with Crippen molar-refractivity contribution >= 4 is 5.91 Å². The van der Waals surface area contributed by atoms with E-state index in [1.54, 1.807) is 4.68 Å². The highest BCUT2D eigenvalue weighted by Crippen LogP contribution is 2.32. The van der Waals surface area contributed by atoms with Crippen LogP contribution in [0.3, 0.4) is 0 Å². The number of rotatable bonds is 3. The van der Waals surface area contributed by atoms with Crippen LogP contribution in [-0.2, 0) is 7.05 Å². The normalized spacial score (nSPS) is 17.2. The summed E-state index contributed by atoms with van der Waals surface area (Å²) < 4.78 is 1.77. The molecule has 3 heterocycles. The first-order chi connectivity index (χ1) is 12.1. The van der Waals surface area contributed by atoms with Gasteiger partial charge in [-0.2, -0.15) is 15.0 Å². The summed E-state index contributed by atoms with van der Waals surface area (Å²) in [7, 11) is 1.89. The van der Waals surface area contributed by atoms with Gasteiger partial charge in [-0.15, -0.1) is 5.10 Å². The Hall–Kier alpha value is -2.96. The summed E-state index contributed by atoms with van der Waals surface area (Å²) >= 11 is 0.